The van der Waals surface area contributed by atoms with Gasteiger partial charge in [-0.15, -0.1) is 0 Å². The number of fused-ring (bicyclic) bond motifs is 1. The van der Waals surface area contributed by atoms with Gasteiger partial charge in [0, 0.05) is 25.8 Å². The number of hydrogen-bond acceptors (Lipinski definition) is 6. The Morgan fingerprint density at radius 3 is 2.56 bits per heavy atom. The summed E-state index contributed by atoms with van der Waals surface area (Å²) in [6.07, 6.45) is 1.04. The molecule has 0 aliphatic heterocycles. The Bertz CT molecular complexity index is 889. The highest BCUT2D eigenvalue weighted by atomic mass is 16.6. The topological polar surface area (TPSA) is 85.2 Å². The monoisotopic (exact) mass is 340 g/mol. The number of carbonyl (C=O) groups excluding carboxylic acids is 1. The predicted molar refractivity (Wildman–Crippen MR) is 96.1 cm³/mol. The highest BCUT2D eigenvalue weighted by Crippen LogP contribution is 2.26. The largest absolute Gasteiger partial charge is 0.418 e. The van der Waals surface area contributed by atoms with Crippen molar-refractivity contribution >= 4 is 28.9 Å². The lowest BCUT2D eigenvalue weighted by Crippen LogP contribution is -2.19. The molecule has 0 unspecified atom stereocenters. The van der Waals surface area contributed by atoms with Crippen molar-refractivity contribution in [2.45, 2.75) is 19.9 Å². The maximum Gasteiger partial charge on any atom is 0.418 e. The van der Waals surface area contributed by atoms with Gasteiger partial charge in [-0.05, 0) is 26.0 Å². The van der Waals surface area contributed by atoms with E-state index in [1.807, 2.05) is 50.7 Å². The standard InChI is InChI=1S/C17H20N6O2/c1-11(2)23-10-18-13-14(23)20-16(22(3)4)21-15(13)25-17(24)19-12-8-6-5-7-9-12/h5-11H,1-4H3,(H,19,24). The van der Waals surface area contributed by atoms with E-state index in [9.17, 15) is 4.79 Å². The van der Waals surface area contributed by atoms with Crippen LogP contribution in [0.2, 0.25) is 0 Å². The minimum Gasteiger partial charge on any atom is -0.388 e. The Hall–Kier alpha value is -3.16. The first-order chi connectivity index (χ1) is 12.0. The van der Waals surface area contributed by atoms with Gasteiger partial charge in [-0.1, -0.05) is 18.2 Å². The van der Waals surface area contributed by atoms with Gasteiger partial charge >= 0.3 is 6.09 Å². The van der Waals surface area contributed by atoms with Crippen LogP contribution in [0.15, 0.2) is 36.7 Å². The second-order valence-corrected chi connectivity index (χ2v) is 6.02. The van der Waals surface area contributed by atoms with Crippen molar-refractivity contribution in [1.82, 2.24) is 19.5 Å². The number of imidazole rings is 1. The number of nitrogens with one attached hydrogen (secondary N) is 1. The number of para-hydroxylation sites is 1. The van der Waals surface area contributed by atoms with Crippen LogP contribution in [0, 0.1) is 0 Å². The van der Waals surface area contributed by atoms with E-state index in [1.54, 1.807) is 23.4 Å². The molecular weight excluding hydrogens is 320 g/mol. The predicted octanol–water partition coefficient (Wildman–Crippen LogP) is 3.08. The first-order valence-electron chi connectivity index (χ1n) is 7.91. The lowest BCUT2D eigenvalue weighted by Gasteiger charge is -2.14. The van der Waals surface area contributed by atoms with E-state index in [1.165, 1.54) is 0 Å². The third kappa shape index (κ3) is 3.52. The summed E-state index contributed by atoms with van der Waals surface area (Å²) in [7, 11) is 3.65. The molecule has 0 aliphatic carbocycles. The van der Waals surface area contributed by atoms with Crippen molar-refractivity contribution in [2.24, 2.45) is 0 Å². The van der Waals surface area contributed by atoms with Crippen molar-refractivity contribution in [2.75, 3.05) is 24.3 Å². The first-order valence-corrected chi connectivity index (χ1v) is 7.91. The number of ether oxygens (including phenoxy) is 1. The fourth-order valence-corrected chi connectivity index (χ4v) is 2.28. The van der Waals surface area contributed by atoms with Gasteiger partial charge in [-0.25, -0.2) is 9.78 Å². The number of anilines is 2. The zero-order chi connectivity index (χ0) is 18.0. The molecular formula is C17H20N6O2. The maximum absolute atomic E-state index is 12.2. The van der Waals surface area contributed by atoms with Crippen LogP contribution in [0.1, 0.15) is 19.9 Å². The highest BCUT2D eigenvalue weighted by molar-refractivity contribution is 5.89. The third-order valence-corrected chi connectivity index (χ3v) is 3.54. The molecule has 0 fully saturated rings. The Kier molecular flexibility index (Phi) is 4.51. The van der Waals surface area contributed by atoms with Crippen molar-refractivity contribution in [3.63, 3.8) is 0 Å². The Labute approximate surface area is 145 Å². The molecule has 2 heterocycles. The molecule has 3 aromatic rings. The molecule has 1 N–H and O–H groups in total. The van der Waals surface area contributed by atoms with E-state index in [4.69, 9.17) is 4.74 Å². The molecule has 3 rings (SSSR count). The van der Waals surface area contributed by atoms with Crippen LogP contribution in [0.5, 0.6) is 5.88 Å². The lowest BCUT2D eigenvalue weighted by molar-refractivity contribution is 0.214. The number of aromatic nitrogens is 4. The molecule has 25 heavy (non-hydrogen) atoms. The average Bonchev–Trinajstić information content (AvgIpc) is 3.00. The zero-order valence-corrected chi connectivity index (χ0v) is 14.6. The molecule has 1 amide bonds. The maximum atomic E-state index is 12.2. The molecule has 8 nitrogen and oxygen atoms in total. The Morgan fingerprint density at radius 1 is 1.20 bits per heavy atom. The van der Waals surface area contributed by atoms with Crippen LogP contribution in [0.3, 0.4) is 0 Å². The van der Waals surface area contributed by atoms with Crippen molar-refractivity contribution < 1.29 is 9.53 Å². The van der Waals surface area contributed by atoms with Crippen molar-refractivity contribution in [1.29, 1.82) is 0 Å². The third-order valence-electron chi connectivity index (χ3n) is 3.54. The SMILES string of the molecule is CC(C)n1cnc2c(OC(=O)Nc3ccccc3)nc(N(C)C)nc21. The highest BCUT2D eigenvalue weighted by Gasteiger charge is 2.19. The molecule has 0 bridgehead atoms. The lowest BCUT2D eigenvalue weighted by atomic mass is 10.3. The van der Waals surface area contributed by atoms with Gasteiger partial charge in [-0.2, -0.15) is 9.97 Å². The van der Waals surface area contributed by atoms with Crippen LogP contribution in [0.25, 0.3) is 11.2 Å². The zero-order valence-electron chi connectivity index (χ0n) is 14.6. The number of carbonyl (C=O) groups is 1. The van der Waals surface area contributed by atoms with Gasteiger partial charge < -0.3 is 14.2 Å². The smallest absolute Gasteiger partial charge is 0.388 e. The van der Waals surface area contributed by atoms with Gasteiger partial charge in [0.15, 0.2) is 11.2 Å². The van der Waals surface area contributed by atoms with E-state index < -0.39 is 6.09 Å². The number of amides is 1. The summed E-state index contributed by atoms with van der Waals surface area (Å²) >= 11 is 0. The summed E-state index contributed by atoms with van der Waals surface area (Å²) in [5, 5.41) is 2.66. The number of nitrogens with zero attached hydrogens (tertiary/aromatic N) is 5. The minimum atomic E-state index is -0.630. The number of rotatable bonds is 4. The molecule has 0 saturated carbocycles. The van der Waals surface area contributed by atoms with Crippen LogP contribution in [-0.2, 0) is 0 Å². The molecule has 2 aromatic heterocycles. The van der Waals surface area contributed by atoms with Gasteiger partial charge in [0.1, 0.15) is 0 Å². The summed E-state index contributed by atoms with van der Waals surface area (Å²) in [6.45, 7) is 4.06. The fraction of sp³-hybridized carbons (Fsp3) is 0.294. The van der Waals surface area contributed by atoms with E-state index >= 15 is 0 Å². The van der Waals surface area contributed by atoms with Gasteiger partial charge in [0.05, 0.1) is 6.33 Å². The molecule has 0 aliphatic rings. The molecule has 0 radical (unpaired) electrons. The van der Waals surface area contributed by atoms with Gasteiger partial charge in [0.25, 0.3) is 5.88 Å². The van der Waals surface area contributed by atoms with Gasteiger partial charge in [-0.3, -0.25) is 5.32 Å². The fourth-order valence-electron chi connectivity index (χ4n) is 2.28. The molecule has 0 spiro atoms. The minimum absolute atomic E-state index is 0.126. The molecule has 0 saturated heterocycles. The van der Waals surface area contributed by atoms with Gasteiger partial charge in [0.2, 0.25) is 5.95 Å². The summed E-state index contributed by atoms with van der Waals surface area (Å²) in [5.41, 5.74) is 1.71. The first kappa shape index (κ1) is 16.7. The molecule has 8 heteroatoms. The van der Waals surface area contributed by atoms with Crippen molar-refractivity contribution in [3.8, 4) is 5.88 Å². The average molecular weight is 340 g/mol. The summed E-state index contributed by atoms with van der Waals surface area (Å²) < 4.78 is 7.32. The van der Waals surface area contributed by atoms with E-state index in [-0.39, 0.29) is 11.9 Å². The second-order valence-electron chi connectivity index (χ2n) is 6.02. The normalized spacial score (nSPS) is 10.9. The van der Waals surface area contributed by atoms with E-state index in [2.05, 4.69) is 20.3 Å². The summed E-state index contributed by atoms with van der Waals surface area (Å²) in [4.78, 5) is 27.1. The van der Waals surface area contributed by atoms with Crippen LogP contribution >= 0.6 is 0 Å². The molecule has 130 valence electrons. The Morgan fingerprint density at radius 2 is 1.92 bits per heavy atom. The second kappa shape index (κ2) is 6.76. The van der Waals surface area contributed by atoms with Crippen LogP contribution < -0.4 is 15.0 Å². The Balaban J connectivity index is 1.95. The van der Waals surface area contributed by atoms with Crippen molar-refractivity contribution in [3.05, 3.63) is 36.7 Å². The van der Waals surface area contributed by atoms with E-state index in [0.717, 1.165) is 0 Å². The number of benzene rings is 1. The quantitative estimate of drug-likeness (QED) is 0.785. The summed E-state index contributed by atoms with van der Waals surface area (Å²) in [5.74, 6) is 0.568. The van der Waals surface area contributed by atoms with Crippen LogP contribution in [0.4, 0.5) is 16.4 Å². The van der Waals surface area contributed by atoms with Crippen LogP contribution in [-0.4, -0.2) is 39.7 Å². The molecule has 0 atom stereocenters. The molecule has 1 aromatic carbocycles. The van der Waals surface area contributed by atoms with E-state index in [0.29, 0.717) is 22.8 Å². The summed E-state index contributed by atoms with van der Waals surface area (Å²) in [6, 6.07) is 9.23. The number of hydrogen-bond donors (Lipinski definition) is 1.